The minimum atomic E-state index is -1.48. The molecule has 1 heterocycles. The molecule has 3 unspecified atom stereocenters. The van der Waals surface area contributed by atoms with E-state index >= 15 is 0 Å². The molecule has 0 spiro atoms. The second-order valence-corrected chi connectivity index (χ2v) is 4.12. The van der Waals surface area contributed by atoms with Gasteiger partial charge in [0.15, 0.2) is 5.60 Å². The van der Waals surface area contributed by atoms with Crippen LogP contribution in [0.5, 0.6) is 0 Å². The van der Waals surface area contributed by atoms with Crippen molar-refractivity contribution >= 4 is 5.97 Å². The summed E-state index contributed by atoms with van der Waals surface area (Å²) in [6.45, 7) is 4.31. The van der Waals surface area contributed by atoms with Crippen molar-refractivity contribution in [1.82, 2.24) is 5.32 Å². The normalized spacial score (nSPS) is 29.9. The molecule has 0 aromatic carbocycles. The van der Waals surface area contributed by atoms with Crippen molar-refractivity contribution in [3.8, 4) is 0 Å². The molecule has 0 aromatic heterocycles. The standard InChI is InChI=1S/C10H19NO4/c1-7-8(4-5-15-7)11-6-10(2,13)9(12)14-3/h7-8,11,13H,4-6H2,1-3H3. The second kappa shape index (κ2) is 4.92. The van der Waals surface area contributed by atoms with Gasteiger partial charge in [0.2, 0.25) is 0 Å². The van der Waals surface area contributed by atoms with Crippen molar-refractivity contribution in [1.29, 1.82) is 0 Å². The molecule has 88 valence electrons. The molecule has 0 radical (unpaired) electrons. The maximum absolute atomic E-state index is 11.2. The Hall–Kier alpha value is -0.650. The van der Waals surface area contributed by atoms with E-state index in [0.717, 1.165) is 13.0 Å². The Morgan fingerprint density at radius 3 is 2.87 bits per heavy atom. The van der Waals surface area contributed by atoms with E-state index in [1.807, 2.05) is 6.92 Å². The Kier molecular flexibility index (Phi) is 4.07. The fourth-order valence-electron chi connectivity index (χ4n) is 1.62. The first-order chi connectivity index (χ1) is 6.97. The molecule has 2 N–H and O–H groups in total. The molecule has 0 bridgehead atoms. The number of carbonyl (C=O) groups is 1. The number of carbonyl (C=O) groups excluding carboxylic acids is 1. The van der Waals surface area contributed by atoms with Gasteiger partial charge in [0.05, 0.1) is 13.2 Å². The second-order valence-electron chi connectivity index (χ2n) is 4.12. The van der Waals surface area contributed by atoms with E-state index in [4.69, 9.17) is 4.74 Å². The van der Waals surface area contributed by atoms with Gasteiger partial charge in [-0.05, 0) is 20.3 Å². The lowest BCUT2D eigenvalue weighted by Gasteiger charge is -2.24. The lowest BCUT2D eigenvalue weighted by Crippen LogP contribution is -2.49. The smallest absolute Gasteiger partial charge is 0.338 e. The maximum Gasteiger partial charge on any atom is 0.338 e. The van der Waals surface area contributed by atoms with Gasteiger partial charge >= 0.3 is 5.97 Å². The van der Waals surface area contributed by atoms with Crippen LogP contribution in [0.2, 0.25) is 0 Å². The zero-order valence-electron chi connectivity index (χ0n) is 9.45. The summed E-state index contributed by atoms with van der Waals surface area (Å²) in [7, 11) is 1.26. The summed E-state index contributed by atoms with van der Waals surface area (Å²) in [5, 5.41) is 12.9. The first-order valence-electron chi connectivity index (χ1n) is 5.13. The number of rotatable bonds is 4. The van der Waals surface area contributed by atoms with Gasteiger partial charge in [-0.15, -0.1) is 0 Å². The number of ether oxygens (including phenoxy) is 2. The minimum absolute atomic E-state index is 0.124. The van der Waals surface area contributed by atoms with Crippen molar-refractivity contribution in [3.05, 3.63) is 0 Å². The molecule has 0 saturated carbocycles. The van der Waals surface area contributed by atoms with E-state index in [2.05, 4.69) is 10.1 Å². The molecule has 1 fully saturated rings. The first kappa shape index (κ1) is 12.4. The van der Waals surface area contributed by atoms with E-state index in [-0.39, 0.29) is 18.7 Å². The Morgan fingerprint density at radius 1 is 1.73 bits per heavy atom. The number of hydrogen-bond acceptors (Lipinski definition) is 5. The largest absolute Gasteiger partial charge is 0.467 e. The summed E-state index contributed by atoms with van der Waals surface area (Å²) in [5.74, 6) is -0.624. The van der Waals surface area contributed by atoms with Crippen LogP contribution in [-0.2, 0) is 14.3 Å². The number of methoxy groups -OCH3 is 1. The van der Waals surface area contributed by atoms with Crippen LogP contribution in [0.15, 0.2) is 0 Å². The van der Waals surface area contributed by atoms with Crippen molar-refractivity contribution in [2.75, 3.05) is 20.3 Å². The molecule has 1 rings (SSSR count). The average molecular weight is 217 g/mol. The summed E-state index contributed by atoms with van der Waals surface area (Å²) in [6.07, 6.45) is 1.02. The fraction of sp³-hybridized carbons (Fsp3) is 0.900. The molecule has 5 nitrogen and oxygen atoms in total. The van der Waals surface area contributed by atoms with E-state index in [9.17, 15) is 9.90 Å². The van der Waals surface area contributed by atoms with Crippen LogP contribution < -0.4 is 5.32 Å². The van der Waals surface area contributed by atoms with Gasteiger partial charge in [-0.1, -0.05) is 0 Å². The molecule has 3 atom stereocenters. The van der Waals surface area contributed by atoms with E-state index < -0.39 is 11.6 Å². The van der Waals surface area contributed by atoms with Crippen LogP contribution in [-0.4, -0.2) is 49.1 Å². The van der Waals surface area contributed by atoms with Gasteiger partial charge in [-0.2, -0.15) is 0 Å². The molecule has 0 aromatic rings. The predicted molar refractivity (Wildman–Crippen MR) is 54.5 cm³/mol. The zero-order chi connectivity index (χ0) is 11.5. The van der Waals surface area contributed by atoms with Crippen LogP contribution >= 0.6 is 0 Å². The number of aliphatic hydroxyl groups is 1. The highest BCUT2D eigenvalue weighted by molar-refractivity contribution is 5.78. The zero-order valence-corrected chi connectivity index (χ0v) is 9.45. The van der Waals surface area contributed by atoms with Gasteiger partial charge in [0, 0.05) is 19.2 Å². The monoisotopic (exact) mass is 217 g/mol. The topological polar surface area (TPSA) is 67.8 Å². The third kappa shape index (κ3) is 3.15. The van der Waals surface area contributed by atoms with Crippen LogP contribution in [0.3, 0.4) is 0 Å². The van der Waals surface area contributed by atoms with Crippen molar-refractivity contribution < 1.29 is 19.4 Å². The van der Waals surface area contributed by atoms with Crippen LogP contribution in [0.1, 0.15) is 20.3 Å². The minimum Gasteiger partial charge on any atom is -0.467 e. The van der Waals surface area contributed by atoms with Gasteiger partial charge in [0.1, 0.15) is 0 Å². The average Bonchev–Trinajstić information content (AvgIpc) is 2.60. The van der Waals surface area contributed by atoms with E-state index in [1.54, 1.807) is 0 Å². The van der Waals surface area contributed by atoms with Crippen LogP contribution in [0.25, 0.3) is 0 Å². The Bertz CT molecular complexity index is 229. The molecule has 1 aliphatic rings. The third-order valence-electron chi connectivity index (χ3n) is 2.71. The highest BCUT2D eigenvalue weighted by Crippen LogP contribution is 2.14. The molecular formula is C10H19NO4. The maximum atomic E-state index is 11.2. The summed E-state index contributed by atoms with van der Waals surface area (Å²) >= 11 is 0. The molecule has 0 amide bonds. The Labute approximate surface area is 89.8 Å². The number of nitrogens with one attached hydrogen (secondary N) is 1. The molecule has 5 heteroatoms. The SMILES string of the molecule is COC(=O)C(C)(O)CNC1CCOC1C. The van der Waals surface area contributed by atoms with Gasteiger partial charge in [-0.25, -0.2) is 4.79 Å². The number of esters is 1. The van der Waals surface area contributed by atoms with Crippen molar-refractivity contribution in [2.24, 2.45) is 0 Å². The summed E-state index contributed by atoms with van der Waals surface area (Å²) in [4.78, 5) is 11.2. The van der Waals surface area contributed by atoms with Gasteiger partial charge < -0.3 is 19.9 Å². The molecule has 1 saturated heterocycles. The summed E-state index contributed by atoms with van der Waals surface area (Å²) in [6, 6.07) is 0.195. The van der Waals surface area contributed by atoms with E-state index in [1.165, 1.54) is 14.0 Å². The van der Waals surface area contributed by atoms with Crippen LogP contribution in [0, 0.1) is 0 Å². The lowest BCUT2D eigenvalue weighted by atomic mass is 10.1. The van der Waals surface area contributed by atoms with Crippen molar-refractivity contribution in [3.63, 3.8) is 0 Å². The Balaban J connectivity index is 2.38. The lowest BCUT2D eigenvalue weighted by molar-refractivity contribution is -0.160. The fourth-order valence-corrected chi connectivity index (χ4v) is 1.62. The molecule has 15 heavy (non-hydrogen) atoms. The first-order valence-corrected chi connectivity index (χ1v) is 5.13. The summed E-state index contributed by atoms with van der Waals surface area (Å²) < 4.78 is 9.85. The molecular weight excluding hydrogens is 198 g/mol. The highest BCUT2D eigenvalue weighted by atomic mass is 16.5. The van der Waals surface area contributed by atoms with Gasteiger partial charge in [-0.3, -0.25) is 0 Å². The predicted octanol–water partition coefficient (Wildman–Crippen LogP) is -0.323. The molecule has 1 aliphatic heterocycles. The summed E-state index contributed by atoms with van der Waals surface area (Å²) in [5.41, 5.74) is -1.48. The van der Waals surface area contributed by atoms with Crippen molar-refractivity contribution in [2.45, 2.75) is 38.0 Å². The van der Waals surface area contributed by atoms with Crippen LogP contribution in [0.4, 0.5) is 0 Å². The van der Waals surface area contributed by atoms with E-state index in [0.29, 0.717) is 0 Å². The number of hydrogen-bond donors (Lipinski definition) is 2. The van der Waals surface area contributed by atoms with Gasteiger partial charge in [0.25, 0.3) is 0 Å². The molecule has 0 aliphatic carbocycles. The quantitative estimate of drug-likeness (QED) is 0.632. The Morgan fingerprint density at radius 2 is 2.40 bits per heavy atom. The highest BCUT2D eigenvalue weighted by Gasteiger charge is 2.33. The third-order valence-corrected chi connectivity index (χ3v) is 2.71.